The zero-order chi connectivity index (χ0) is 28.6. The number of unbranched alkanes of at least 4 members (excludes halogenated alkanes) is 3. The van der Waals surface area contributed by atoms with Gasteiger partial charge in [-0.1, -0.05) is 56.2 Å². The van der Waals surface area contributed by atoms with Crippen molar-refractivity contribution in [3.05, 3.63) is 65.7 Å². The average molecular weight is 559 g/mol. The fourth-order valence-corrected chi connectivity index (χ4v) is 8.85. The molecule has 0 aromatic heterocycles. The first-order valence-electron chi connectivity index (χ1n) is 15.8. The summed E-state index contributed by atoms with van der Waals surface area (Å²) < 4.78 is 12.6. The summed E-state index contributed by atoms with van der Waals surface area (Å²) in [5.41, 5.74) is 3.40. The highest BCUT2D eigenvalue weighted by atomic mass is 16.6. The van der Waals surface area contributed by atoms with Crippen molar-refractivity contribution < 1.29 is 19.4 Å². The molecule has 4 aliphatic rings. The number of phenolic OH excluding ortho intramolecular Hbond substituents is 1. The quantitative estimate of drug-likeness (QED) is 0.148. The maximum Gasteiger partial charge on any atom is 0.308 e. The van der Waals surface area contributed by atoms with Gasteiger partial charge in [-0.15, -0.1) is 6.58 Å². The Hall–Kier alpha value is -2.83. The summed E-state index contributed by atoms with van der Waals surface area (Å²) in [4.78, 5) is 17.3. The number of piperidine rings is 1. The molecule has 0 radical (unpaired) electrons. The van der Waals surface area contributed by atoms with Crippen LogP contribution in [0.15, 0.2) is 49.1 Å². The highest BCUT2D eigenvalue weighted by Gasteiger charge is 2.66. The van der Waals surface area contributed by atoms with Crippen molar-refractivity contribution in [3.8, 4) is 17.2 Å². The Labute approximate surface area is 245 Å². The number of carbonyl (C=O) groups excluding carboxylic acids is 1. The Bertz CT molecular complexity index is 1260. The SMILES string of the molecule is C=CCN1CC[C@]23c4c5c(O)cc(OC(C)=O)c4O[C@H]2[C@H](N(CC)CCCCCCc2ccccc2)CC[C@H]3[C@H]1C5. The van der Waals surface area contributed by atoms with Crippen molar-refractivity contribution in [3.63, 3.8) is 0 Å². The highest BCUT2D eigenvalue weighted by molar-refractivity contribution is 5.73. The number of nitrogens with zero attached hydrogens (tertiary/aromatic N) is 2. The summed E-state index contributed by atoms with van der Waals surface area (Å²) in [6, 6.07) is 13.1. The molecule has 5 atom stereocenters. The number of likely N-dealkylation sites (N-methyl/N-ethyl adjacent to an activating group) is 1. The van der Waals surface area contributed by atoms with Crippen LogP contribution in [0.25, 0.3) is 0 Å². The number of hydrogen-bond acceptors (Lipinski definition) is 6. The third-order valence-corrected chi connectivity index (χ3v) is 10.5. The molecular weight excluding hydrogens is 512 g/mol. The van der Waals surface area contributed by atoms with Crippen LogP contribution in [-0.2, 0) is 23.1 Å². The van der Waals surface area contributed by atoms with E-state index < -0.39 is 0 Å². The normalized spacial score (nSPS) is 27.8. The molecule has 2 aromatic carbocycles. The molecule has 6 nitrogen and oxygen atoms in total. The number of carbonyl (C=O) groups is 1. The minimum Gasteiger partial charge on any atom is -0.508 e. The second kappa shape index (κ2) is 11.8. The lowest BCUT2D eigenvalue weighted by molar-refractivity contribution is -0.132. The van der Waals surface area contributed by atoms with Gasteiger partial charge in [0.1, 0.15) is 11.9 Å². The molecule has 1 saturated heterocycles. The number of esters is 1. The zero-order valence-corrected chi connectivity index (χ0v) is 24.8. The number of ether oxygens (including phenoxy) is 2. The zero-order valence-electron chi connectivity index (χ0n) is 24.8. The van der Waals surface area contributed by atoms with Gasteiger partial charge in [0.2, 0.25) is 0 Å². The lowest BCUT2D eigenvalue weighted by atomic mass is 9.50. The number of likely N-dealkylation sites (tertiary alicyclic amines) is 1. The molecule has 41 heavy (non-hydrogen) atoms. The standard InChI is InChI=1S/C35H46N2O4/c1-4-19-37-21-18-35-27-16-17-28(36(5-2)20-12-7-6-9-13-25-14-10-8-11-15-25)34(35)41-33-31(40-24(3)38)23-30(39)26(32(33)35)22-29(27)37/h4,8,10-11,14-15,23,27-29,34,39H,1,5-7,9,12-13,16-22H2,2-3H3/t27-,28+,29+,34-,35-/m0/s1. The molecule has 2 aromatic rings. The van der Waals surface area contributed by atoms with Crippen LogP contribution in [0.1, 0.15) is 75.5 Å². The Morgan fingerprint density at radius 3 is 2.78 bits per heavy atom. The van der Waals surface area contributed by atoms with Crippen molar-refractivity contribution >= 4 is 5.97 Å². The van der Waals surface area contributed by atoms with Gasteiger partial charge >= 0.3 is 5.97 Å². The van der Waals surface area contributed by atoms with Gasteiger partial charge in [-0.25, -0.2) is 0 Å². The van der Waals surface area contributed by atoms with Crippen LogP contribution < -0.4 is 9.47 Å². The Kier molecular flexibility index (Phi) is 8.15. The first-order valence-corrected chi connectivity index (χ1v) is 15.8. The number of aromatic hydroxyl groups is 1. The van der Waals surface area contributed by atoms with Crippen molar-refractivity contribution in [1.29, 1.82) is 0 Å². The van der Waals surface area contributed by atoms with Gasteiger partial charge in [-0.2, -0.15) is 0 Å². The number of hydrogen-bond donors (Lipinski definition) is 1. The topological polar surface area (TPSA) is 62.2 Å². The van der Waals surface area contributed by atoms with Gasteiger partial charge in [0.15, 0.2) is 11.5 Å². The predicted octanol–water partition coefficient (Wildman–Crippen LogP) is 6.04. The van der Waals surface area contributed by atoms with Gasteiger partial charge in [0, 0.05) is 48.2 Å². The molecule has 6 heteroatoms. The smallest absolute Gasteiger partial charge is 0.308 e. The predicted molar refractivity (Wildman–Crippen MR) is 162 cm³/mol. The van der Waals surface area contributed by atoms with E-state index in [9.17, 15) is 9.90 Å². The molecule has 0 unspecified atom stereocenters. The molecule has 2 aliphatic carbocycles. The second-order valence-electron chi connectivity index (χ2n) is 12.6. The molecule has 1 saturated carbocycles. The number of benzene rings is 2. The van der Waals surface area contributed by atoms with E-state index in [1.807, 2.05) is 6.08 Å². The summed E-state index contributed by atoms with van der Waals surface area (Å²) in [7, 11) is 0. The lowest BCUT2D eigenvalue weighted by Crippen LogP contribution is -2.68. The van der Waals surface area contributed by atoms with E-state index in [1.165, 1.54) is 38.2 Å². The van der Waals surface area contributed by atoms with Gasteiger partial charge in [-0.3, -0.25) is 14.6 Å². The molecule has 6 rings (SSSR count). The fourth-order valence-electron chi connectivity index (χ4n) is 8.85. The molecule has 220 valence electrons. The van der Waals surface area contributed by atoms with Gasteiger partial charge in [0.25, 0.3) is 0 Å². The molecule has 1 N–H and O–H groups in total. The largest absolute Gasteiger partial charge is 0.508 e. The lowest BCUT2D eigenvalue weighted by Gasteiger charge is -2.60. The van der Waals surface area contributed by atoms with Crippen molar-refractivity contribution in [2.75, 3.05) is 26.2 Å². The summed E-state index contributed by atoms with van der Waals surface area (Å²) in [6.07, 6.45) is 12.1. The van der Waals surface area contributed by atoms with Crippen LogP contribution in [0.3, 0.4) is 0 Å². The van der Waals surface area contributed by atoms with Crippen molar-refractivity contribution in [2.24, 2.45) is 5.92 Å². The Morgan fingerprint density at radius 1 is 1.22 bits per heavy atom. The second-order valence-corrected chi connectivity index (χ2v) is 12.6. The molecule has 2 aliphatic heterocycles. The third-order valence-electron chi connectivity index (χ3n) is 10.5. The minimum absolute atomic E-state index is 0.00202. The van der Waals surface area contributed by atoms with Crippen LogP contribution in [0.4, 0.5) is 0 Å². The van der Waals surface area contributed by atoms with E-state index in [0.29, 0.717) is 29.5 Å². The van der Waals surface area contributed by atoms with E-state index >= 15 is 0 Å². The summed E-state index contributed by atoms with van der Waals surface area (Å²) in [5, 5.41) is 11.2. The molecule has 1 spiro atoms. The molecule has 2 heterocycles. The van der Waals surface area contributed by atoms with Gasteiger partial charge < -0.3 is 14.6 Å². The first-order chi connectivity index (χ1) is 20.0. The van der Waals surface area contributed by atoms with E-state index in [2.05, 4.69) is 53.6 Å². The van der Waals surface area contributed by atoms with E-state index in [0.717, 1.165) is 69.4 Å². The summed E-state index contributed by atoms with van der Waals surface area (Å²) >= 11 is 0. The Morgan fingerprint density at radius 2 is 2.02 bits per heavy atom. The maximum absolute atomic E-state index is 12.0. The van der Waals surface area contributed by atoms with E-state index in [-0.39, 0.29) is 23.2 Å². The molecule has 0 amide bonds. The van der Waals surface area contributed by atoms with Crippen LogP contribution in [0.2, 0.25) is 0 Å². The first kappa shape index (κ1) is 28.3. The molecular formula is C35H46N2O4. The number of aryl methyl sites for hydroxylation is 1. The van der Waals surface area contributed by atoms with Gasteiger partial charge in [0.05, 0.1) is 0 Å². The monoisotopic (exact) mass is 558 g/mol. The number of rotatable bonds is 12. The van der Waals surface area contributed by atoms with Gasteiger partial charge in [-0.05, 0) is 76.1 Å². The Balaban J connectivity index is 1.23. The number of phenols is 1. The minimum atomic E-state index is -0.387. The van der Waals surface area contributed by atoms with E-state index in [1.54, 1.807) is 6.07 Å². The maximum atomic E-state index is 12.0. The highest BCUT2D eigenvalue weighted by Crippen LogP contribution is 2.65. The van der Waals surface area contributed by atoms with Crippen molar-refractivity contribution in [2.45, 2.75) is 95.2 Å². The third kappa shape index (κ3) is 4.97. The van der Waals surface area contributed by atoms with E-state index in [4.69, 9.17) is 9.47 Å². The summed E-state index contributed by atoms with van der Waals surface area (Å²) in [6.45, 7) is 11.6. The average Bonchev–Trinajstić information content (AvgIpc) is 3.31. The van der Waals surface area contributed by atoms with Crippen LogP contribution in [-0.4, -0.2) is 65.2 Å². The molecule has 2 fully saturated rings. The van der Waals surface area contributed by atoms with Crippen LogP contribution in [0.5, 0.6) is 17.2 Å². The fraction of sp³-hybridized carbons (Fsp3) is 0.571. The van der Waals surface area contributed by atoms with Crippen molar-refractivity contribution in [1.82, 2.24) is 9.80 Å². The summed E-state index contributed by atoms with van der Waals surface area (Å²) in [5.74, 6) is 1.39. The van der Waals surface area contributed by atoms with Crippen LogP contribution in [0, 0.1) is 5.92 Å². The van der Waals surface area contributed by atoms with Crippen LogP contribution >= 0.6 is 0 Å². The molecule has 2 bridgehead atoms.